The molecule has 2 amide bonds. The van der Waals surface area contributed by atoms with Crippen LogP contribution in [0.5, 0.6) is 0 Å². The maximum absolute atomic E-state index is 13.4. The number of nitrogens with one attached hydrogen (secondary N) is 2. The molecule has 3 heterocycles. The minimum atomic E-state index is -0.114. The maximum Gasteiger partial charge on any atom is 0.252 e. The fourth-order valence-electron chi connectivity index (χ4n) is 5.57. The van der Waals surface area contributed by atoms with Crippen LogP contribution >= 0.6 is 11.6 Å². The first-order valence-electron chi connectivity index (χ1n) is 11.3. The van der Waals surface area contributed by atoms with Gasteiger partial charge in [0.1, 0.15) is 0 Å². The second-order valence-corrected chi connectivity index (χ2v) is 9.34. The molecule has 2 aromatic carbocycles. The van der Waals surface area contributed by atoms with E-state index in [1.54, 1.807) is 0 Å². The Bertz CT molecular complexity index is 1010. The van der Waals surface area contributed by atoms with Crippen LogP contribution in [0, 0.1) is 5.92 Å². The number of nitrogens with zero attached hydrogens (tertiary/aromatic N) is 1. The van der Waals surface area contributed by atoms with E-state index in [9.17, 15) is 9.59 Å². The zero-order chi connectivity index (χ0) is 21.5. The van der Waals surface area contributed by atoms with Gasteiger partial charge in [-0.05, 0) is 68.0 Å². The highest BCUT2D eigenvalue weighted by Gasteiger charge is 2.46. The number of carbonyl (C=O) groups is 2. The topological polar surface area (TPSA) is 61.4 Å². The Morgan fingerprint density at radius 2 is 2.03 bits per heavy atom. The van der Waals surface area contributed by atoms with Crippen LogP contribution in [0.3, 0.4) is 0 Å². The van der Waals surface area contributed by atoms with E-state index in [0.29, 0.717) is 23.6 Å². The average molecular weight is 438 g/mol. The van der Waals surface area contributed by atoms with Gasteiger partial charge in [0.2, 0.25) is 5.91 Å². The van der Waals surface area contributed by atoms with E-state index in [2.05, 4.69) is 10.6 Å². The van der Waals surface area contributed by atoms with E-state index < -0.39 is 0 Å². The summed E-state index contributed by atoms with van der Waals surface area (Å²) in [5, 5.41) is 7.38. The molecule has 3 aliphatic heterocycles. The van der Waals surface area contributed by atoms with Gasteiger partial charge < -0.3 is 15.5 Å². The number of hydrogen-bond donors (Lipinski definition) is 2. The van der Waals surface area contributed by atoms with Crippen molar-refractivity contribution in [3.8, 4) is 0 Å². The van der Waals surface area contributed by atoms with Gasteiger partial charge in [-0.1, -0.05) is 41.9 Å². The summed E-state index contributed by atoms with van der Waals surface area (Å²) in [4.78, 5) is 28.7. The number of rotatable bonds is 3. The first-order chi connectivity index (χ1) is 15.0. The molecule has 0 saturated carbocycles. The first kappa shape index (κ1) is 20.5. The maximum atomic E-state index is 13.4. The van der Waals surface area contributed by atoms with Crippen LogP contribution < -0.4 is 10.6 Å². The second kappa shape index (κ2) is 8.29. The molecule has 5 rings (SSSR count). The monoisotopic (exact) mass is 437 g/mol. The highest BCUT2D eigenvalue weighted by atomic mass is 35.5. The van der Waals surface area contributed by atoms with E-state index in [1.807, 2.05) is 54.3 Å². The molecule has 6 heteroatoms. The van der Waals surface area contributed by atoms with Crippen molar-refractivity contribution in [2.75, 3.05) is 13.1 Å². The minimum Gasteiger partial charge on any atom is -0.346 e. The van der Waals surface area contributed by atoms with Crippen molar-refractivity contribution >= 4 is 23.4 Å². The third kappa shape index (κ3) is 3.64. The molecule has 2 N–H and O–H groups in total. The fourth-order valence-corrected chi connectivity index (χ4v) is 5.83. The van der Waals surface area contributed by atoms with Crippen molar-refractivity contribution in [2.45, 2.75) is 50.7 Å². The zero-order valence-corrected chi connectivity index (χ0v) is 18.5. The van der Waals surface area contributed by atoms with Gasteiger partial charge in [0.05, 0.1) is 18.0 Å². The zero-order valence-electron chi connectivity index (χ0n) is 17.7. The molecule has 3 aliphatic rings. The molecule has 0 aromatic heterocycles. The standard InChI is InChI=1S/C25H28ClN3O2/c1-15(16-6-3-2-4-7-16)28-24(30)19-9-10-20(26)17-11-13-29-22(23(17)19)14-21-18(25(29)31)8-5-12-27-21/h2-4,6-7,9-10,15,18,21-22,27H,5,8,11-14H2,1H3,(H,28,30)/t15-,18+,21+,22+/m1/s1. The molecule has 5 nitrogen and oxygen atoms in total. The van der Waals surface area contributed by atoms with E-state index >= 15 is 0 Å². The Morgan fingerprint density at radius 3 is 2.84 bits per heavy atom. The summed E-state index contributed by atoms with van der Waals surface area (Å²) in [5.41, 5.74) is 3.65. The molecule has 0 unspecified atom stereocenters. The van der Waals surface area contributed by atoms with E-state index in [1.165, 1.54) is 0 Å². The quantitative estimate of drug-likeness (QED) is 0.762. The van der Waals surface area contributed by atoms with Gasteiger partial charge in [0.25, 0.3) is 5.91 Å². The smallest absolute Gasteiger partial charge is 0.252 e. The number of piperidine rings is 2. The Balaban J connectivity index is 1.49. The SMILES string of the molecule is C[C@@H](NC(=O)c1ccc(Cl)c2c1[C@@H]1C[C@@H]3NCCC[C@@H]3C(=O)N1CC2)c1ccccc1. The van der Waals surface area contributed by atoms with E-state index in [-0.39, 0.29) is 35.9 Å². The van der Waals surface area contributed by atoms with Crippen LogP contribution in [0.1, 0.15) is 65.3 Å². The lowest BCUT2D eigenvalue weighted by molar-refractivity contribution is -0.145. The van der Waals surface area contributed by atoms with Crippen molar-refractivity contribution < 1.29 is 9.59 Å². The van der Waals surface area contributed by atoms with Crippen molar-refractivity contribution in [1.82, 2.24) is 15.5 Å². The predicted octanol–water partition coefficient (Wildman–Crippen LogP) is 4.03. The molecule has 2 saturated heterocycles. The Kier molecular flexibility index (Phi) is 5.49. The van der Waals surface area contributed by atoms with Crippen molar-refractivity contribution in [3.05, 3.63) is 69.7 Å². The van der Waals surface area contributed by atoms with Gasteiger partial charge in [0, 0.05) is 23.2 Å². The predicted molar refractivity (Wildman–Crippen MR) is 121 cm³/mol. The highest BCUT2D eigenvalue weighted by molar-refractivity contribution is 6.31. The molecule has 0 aliphatic carbocycles. The summed E-state index contributed by atoms with van der Waals surface area (Å²) in [6.45, 7) is 3.61. The second-order valence-electron chi connectivity index (χ2n) is 8.94. The van der Waals surface area contributed by atoms with E-state index in [0.717, 1.165) is 42.5 Å². The van der Waals surface area contributed by atoms with Gasteiger partial charge >= 0.3 is 0 Å². The minimum absolute atomic E-state index is 0.0566. The number of amides is 2. The number of fused-ring (bicyclic) bond motifs is 4. The lowest BCUT2D eigenvalue weighted by Crippen LogP contribution is -2.58. The van der Waals surface area contributed by atoms with Crippen LogP contribution in [0.15, 0.2) is 42.5 Å². The molecule has 0 bridgehead atoms. The van der Waals surface area contributed by atoms with Gasteiger partial charge in [-0.2, -0.15) is 0 Å². The number of hydrogen-bond acceptors (Lipinski definition) is 3. The van der Waals surface area contributed by atoms with Gasteiger partial charge in [-0.15, -0.1) is 0 Å². The van der Waals surface area contributed by atoms with Crippen LogP contribution in [0.4, 0.5) is 0 Å². The summed E-state index contributed by atoms with van der Waals surface area (Å²) in [6, 6.07) is 13.5. The lowest BCUT2D eigenvalue weighted by Gasteiger charge is -2.49. The third-order valence-corrected chi connectivity index (χ3v) is 7.52. The molecule has 31 heavy (non-hydrogen) atoms. The molecule has 4 atom stereocenters. The van der Waals surface area contributed by atoms with Gasteiger partial charge in [0.15, 0.2) is 0 Å². The van der Waals surface area contributed by atoms with E-state index in [4.69, 9.17) is 11.6 Å². The summed E-state index contributed by atoms with van der Waals surface area (Å²) in [5.74, 6) is 0.168. The molecule has 162 valence electrons. The normalized spacial score (nSPS) is 25.8. The van der Waals surface area contributed by atoms with Crippen LogP contribution in [-0.4, -0.2) is 35.8 Å². The third-order valence-electron chi connectivity index (χ3n) is 7.17. The number of carbonyl (C=O) groups excluding carboxylic acids is 2. The van der Waals surface area contributed by atoms with Crippen LogP contribution in [0.25, 0.3) is 0 Å². The lowest BCUT2D eigenvalue weighted by atomic mass is 9.76. The molecule has 0 radical (unpaired) electrons. The fraction of sp³-hybridized carbons (Fsp3) is 0.440. The Morgan fingerprint density at radius 1 is 1.23 bits per heavy atom. The summed E-state index contributed by atoms with van der Waals surface area (Å²) in [6.07, 6.45) is 3.51. The summed E-state index contributed by atoms with van der Waals surface area (Å²) >= 11 is 6.57. The Hall–Kier alpha value is -2.37. The molecule has 2 fully saturated rings. The van der Waals surface area contributed by atoms with Gasteiger partial charge in [-0.3, -0.25) is 9.59 Å². The average Bonchev–Trinajstić information content (AvgIpc) is 2.80. The Labute approximate surface area is 188 Å². The van der Waals surface area contributed by atoms with Crippen LogP contribution in [-0.2, 0) is 11.2 Å². The van der Waals surface area contributed by atoms with Crippen molar-refractivity contribution in [2.24, 2.45) is 5.92 Å². The van der Waals surface area contributed by atoms with Gasteiger partial charge in [-0.25, -0.2) is 0 Å². The molecular formula is C25H28ClN3O2. The largest absolute Gasteiger partial charge is 0.346 e. The van der Waals surface area contributed by atoms with Crippen LogP contribution in [0.2, 0.25) is 5.02 Å². The molecule has 2 aromatic rings. The van der Waals surface area contributed by atoms with Crippen molar-refractivity contribution in [3.63, 3.8) is 0 Å². The molecule has 0 spiro atoms. The summed E-state index contributed by atoms with van der Waals surface area (Å²) < 4.78 is 0. The van der Waals surface area contributed by atoms with Crippen molar-refractivity contribution in [1.29, 1.82) is 0 Å². The number of benzene rings is 2. The summed E-state index contributed by atoms with van der Waals surface area (Å²) in [7, 11) is 0. The highest BCUT2D eigenvalue weighted by Crippen LogP contribution is 2.44. The first-order valence-corrected chi connectivity index (χ1v) is 11.6. The molecular weight excluding hydrogens is 410 g/mol. The number of halogens is 1.